The Labute approximate surface area is 211 Å². The summed E-state index contributed by atoms with van der Waals surface area (Å²) in [5.74, 6) is 1.65. The number of fused-ring (bicyclic) bond motifs is 1. The second kappa shape index (κ2) is 10.6. The number of aromatic amines is 1. The Balaban J connectivity index is 1.53. The molecule has 1 N–H and O–H groups in total. The third-order valence-electron chi connectivity index (χ3n) is 7.32. The van der Waals surface area contributed by atoms with Gasteiger partial charge in [-0.25, -0.2) is 4.68 Å². The number of aryl methyl sites for hydroxylation is 1. The minimum atomic E-state index is -0.0770. The van der Waals surface area contributed by atoms with Crippen molar-refractivity contribution in [2.45, 2.75) is 71.1 Å². The van der Waals surface area contributed by atoms with E-state index in [9.17, 15) is 4.79 Å². The number of tetrazole rings is 1. The molecule has 0 unspecified atom stereocenters. The molecule has 0 radical (unpaired) electrons. The molecule has 0 saturated heterocycles. The predicted molar refractivity (Wildman–Crippen MR) is 140 cm³/mol. The van der Waals surface area contributed by atoms with Gasteiger partial charge in [0.05, 0.1) is 19.2 Å². The molecule has 2 aromatic carbocycles. The van der Waals surface area contributed by atoms with Gasteiger partial charge in [-0.1, -0.05) is 49.6 Å². The van der Waals surface area contributed by atoms with Crippen LogP contribution in [-0.2, 0) is 13.1 Å². The Hall–Kier alpha value is -3.52. The maximum atomic E-state index is 13.1. The normalized spacial score (nSPS) is 15.1. The summed E-state index contributed by atoms with van der Waals surface area (Å²) in [6, 6.07) is 16.6. The highest BCUT2D eigenvalue weighted by molar-refractivity contribution is 5.80. The summed E-state index contributed by atoms with van der Waals surface area (Å²) in [7, 11) is 1.65. The van der Waals surface area contributed by atoms with E-state index in [4.69, 9.17) is 4.74 Å². The fourth-order valence-electron chi connectivity index (χ4n) is 5.33. The molecular weight excluding hydrogens is 452 g/mol. The fourth-order valence-corrected chi connectivity index (χ4v) is 5.33. The number of aromatic nitrogens is 5. The molecule has 1 aliphatic carbocycles. The zero-order valence-electron chi connectivity index (χ0n) is 21.3. The van der Waals surface area contributed by atoms with Crippen LogP contribution in [0.3, 0.4) is 0 Å². The number of nitrogens with one attached hydrogen (secondary N) is 1. The molecule has 0 spiro atoms. The molecule has 1 atom stereocenters. The lowest BCUT2D eigenvalue weighted by molar-refractivity contribution is 0.158. The van der Waals surface area contributed by atoms with Crippen LogP contribution in [0.15, 0.2) is 53.3 Å². The van der Waals surface area contributed by atoms with Gasteiger partial charge in [0.15, 0.2) is 5.82 Å². The SMILES string of the molecule is CC[C@@H](c1nnnn1C1CCCC1)N(Cc1ccc(C)cc1)Cc1cc2cc(OC)ccc2[nH]c1=O. The van der Waals surface area contributed by atoms with E-state index in [0.29, 0.717) is 24.7 Å². The zero-order chi connectivity index (χ0) is 25.1. The number of ether oxygens (including phenoxy) is 1. The summed E-state index contributed by atoms with van der Waals surface area (Å²) in [6.07, 6.45) is 5.48. The van der Waals surface area contributed by atoms with Gasteiger partial charge in [0, 0.05) is 29.6 Å². The van der Waals surface area contributed by atoms with E-state index in [0.717, 1.165) is 41.7 Å². The van der Waals surface area contributed by atoms with E-state index in [1.807, 2.05) is 28.9 Å². The van der Waals surface area contributed by atoms with Crippen molar-refractivity contribution < 1.29 is 4.74 Å². The Kier molecular flexibility index (Phi) is 7.13. The van der Waals surface area contributed by atoms with Crippen molar-refractivity contribution in [2.75, 3.05) is 7.11 Å². The van der Waals surface area contributed by atoms with Crippen molar-refractivity contribution in [1.29, 1.82) is 0 Å². The average Bonchev–Trinajstić information content (AvgIpc) is 3.58. The summed E-state index contributed by atoms with van der Waals surface area (Å²) in [5.41, 5.74) is 3.85. The monoisotopic (exact) mass is 486 g/mol. The highest BCUT2D eigenvalue weighted by Crippen LogP contribution is 2.33. The first kappa shape index (κ1) is 24.2. The van der Waals surface area contributed by atoms with Gasteiger partial charge in [0.2, 0.25) is 0 Å². The molecule has 0 bridgehead atoms. The number of pyridine rings is 1. The molecule has 1 saturated carbocycles. The highest BCUT2D eigenvalue weighted by Gasteiger charge is 2.29. The van der Waals surface area contributed by atoms with Gasteiger partial charge in [0.25, 0.3) is 5.56 Å². The topological polar surface area (TPSA) is 88.9 Å². The molecule has 2 aromatic heterocycles. The first-order valence-electron chi connectivity index (χ1n) is 12.8. The van der Waals surface area contributed by atoms with Gasteiger partial charge in [-0.3, -0.25) is 9.69 Å². The van der Waals surface area contributed by atoms with Crippen molar-refractivity contribution >= 4 is 10.9 Å². The molecule has 4 aromatic rings. The largest absolute Gasteiger partial charge is 0.497 e. The van der Waals surface area contributed by atoms with Gasteiger partial charge in [-0.05, 0) is 66.4 Å². The van der Waals surface area contributed by atoms with Crippen molar-refractivity contribution in [3.05, 3.63) is 81.4 Å². The lowest BCUT2D eigenvalue weighted by atomic mass is 10.1. The molecule has 5 rings (SSSR count). The van der Waals surface area contributed by atoms with Crippen LogP contribution in [0.25, 0.3) is 10.9 Å². The Morgan fingerprint density at radius 1 is 1.11 bits per heavy atom. The first-order chi connectivity index (χ1) is 17.6. The van der Waals surface area contributed by atoms with E-state index in [1.165, 1.54) is 24.0 Å². The number of rotatable bonds is 9. The second-order valence-corrected chi connectivity index (χ2v) is 9.81. The molecule has 8 heteroatoms. The van der Waals surface area contributed by atoms with Crippen LogP contribution in [0.1, 0.15) is 73.6 Å². The van der Waals surface area contributed by atoms with E-state index in [-0.39, 0.29) is 11.6 Å². The van der Waals surface area contributed by atoms with Crippen LogP contribution < -0.4 is 10.3 Å². The molecule has 8 nitrogen and oxygen atoms in total. The second-order valence-electron chi connectivity index (χ2n) is 9.81. The van der Waals surface area contributed by atoms with Gasteiger partial charge < -0.3 is 9.72 Å². The molecule has 0 aliphatic heterocycles. The van der Waals surface area contributed by atoms with Crippen molar-refractivity contribution in [3.63, 3.8) is 0 Å². The fraction of sp³-hybridized carbons (Fsp3) is 0.429. The summed E-state index contributed by atoms with van der Waals surface area (Å²) in [4.78, 5) is 18.5. The molecule has 188 valence electrons. The van der Waals surface area contributed by atoms with Crippen LogP contribution in [0.4, 0.5) is 0 Å². The van der Waals surface area contributed by atoms with Gasteiger partial charge in [-0.15, -0.1) is 5.10 Å². The van der Waals surface area contributed by atoms with Gasteiger partial charge >= 0.3 is 0 Å². The van der Waals surface area contributed by atoms with Crippen LogP contribution in [0.2, 0.25) is 0 Å². The number of methoxy groups -OCH3 is 1. The number of nitrogens with zero attached hydrogens (tertiary/aromatic N) is 5. The molecule has 1 aliphatic rings. The van der Waals surface area contributed by atoms with E-state index >= 15 is 0 Å². The molecule has 36 heavy (non-hydrogen) atoms. The van der Waals surface area contributed by atoms with E-state index in [2.05, 4.69) is 63.5 Å². The summed E-state index contributed by atoms with van der Waals surface area (Å²) >= 11 is 0. The highest BCUT2D eigenvalue weighted by atomic mass is 16.5. The van der Waals surface area contributed by atoms with Crippen LogP contribution >= 0.6 is 0 Å². The predicted octanol–water partition coefficient (Wildman–Crippen LogP) is 5.10. The zero-order valence-corrected chi connectivity index (χ0v) is 21.3. The van der Waals surface area contributed by atoms with Gasteiger partial charge in [0.1, 0.15) is 5.75 Å². The Bertz CT molecular complexity index is 1370. The van der Waals surface area contributed by atoms with Crippen LogP contribution in [0.5, 0.6) is 5.75 Å². The van der Waals surface area contributed by atoms with Crippen molar-refractivity contribution in [1.82, 2.24) is 30.1 Å². The smallest absolute Gasteiger partial charge is 0.252 e. The summed E-state index contributed by atoms with van der Waals surface area (Å²) in [5, 5.41) is 13.9. The van der Waals surface area contributed by atoms with Crippen molar-refractivity contribution in [2.24, 2.45) is 0 Å². The minimum Gasteiger partial charge on any atom is -0.497 e. The van der Waals surface area contributed by atoms with E-state index in [1.54, 1.807) is 7.11 Å². The Morgan fingerprint density at radius 3 is 2.61 bits per heavy atom. The number of H-pyrrole nitrogens is 1. The van der Waals surface area contributed by atoms with Gasteiger partial charge in [-0.2, -0.15) is 0 Å². The minimum absolute atomic E-state index is 0.0256. The maximum absolute atomic E-state index is 13.1. The van der Waals surface area contributed by atoms with Crippen LogP contribution in [-0.4, -0.2) is 37.2 Å². The van der Waals surface area contributed by atoms with Crippen molar-refractivity contribution in [3.8, 4) is 5.75 Å². The Morgan fingerprint density at radius 2 is 1.89 bits per heavy atom. The first-order valence-corrected chi connectivity index (χ1v) is 12.8. The number of hydrogen-bond acceptors (Lipinski definition) is 6. The third kappa shape index (κ3) is 5.04. The molecule has 0 amide bonds. The lowest BCUT2D eigenvalue weighted by Crippen LogP contribution is -2.32. The average molecular weight is 487 g/mol. The summed E-state index contributed by atoms with van der Waals surface area (Å²) < 4.78 is 7.44. The summed E-state index contributed by atoms with van der Waals surface area (Å²) in [6.45, 7) is 5.42. The maximum Gasteiger partial charge on any atom is 0.252 e. The quantitative estimate of drug-likeness (QED) is 0.354. The lowest BCUT2D eigenvalue weighted by Gasteiger charge is -2.31. The molecule has 2 heterocycles. The molecule has 1 fully saturated rings. The number of benzene rings is 2. The number of hydrogen-bond donors (Lipinski definition) is 1. The third-order valence-corrected chi connectivity index (χ3v) is 7.32. The molecular formula is C28H34N6O2. The van der Waals surface area contributed by atoms with E-state index < -0.39 is 0 Å². The standard InChI is InChI=1S/C28H34N6O2/c1-4-26(27-30-31-32-34(27)23-7-5-6-8-23)33(17-20-11-9-19(2)10-12-20)18-22-15-21-16-24(36-3)13-14-25(21)29-28(22)35/h9-16,23,26H,4-8,17-18H2,1-3H3,(H,29,35)/t26-/m0/s1. The van der Waals surface area contributed by atoms with Crippen LogP contribution in [0, 0.1) is 6.92 Å².